The predicted molar refractivity (Wildman–Crippen MR) is 79.2 cm³/mol. The zero-order valence-electron chi connectivity index (χ0n) is 12.7. The number of aromatic nitrogens is 3. The molecule has 0 aliphatic rings. The normalized spacial score (nSPS) is 11.2. The molecule has 0 spiro atoms. The van der Waals surface area contributed by atoms with Crippen molar-refractivity contribution < 1.29 is 9.84 Å². The molecule has 0 radical (unpaired) electrons. The molecule has 0 saturated heterocycles. The maximum absolute atomic E-state index is 9.06. The van der Waals surface area contributed by atoms with E-state index in [0.29, 0.717) is 30.9 Å². The Labute approximate surface area is 120 Å². The van der Waals surface area contributed by atoms with E-state index in [4.69, 9.17) is 9.84 Å². The number of nitrogens with zero attached hydrogens (tertiary/aromatic N) is 3. The summed E-state index contributed by atoms with van der Waals surface area (Å²) in [5.74, 6) is 0.938. The third-order valence-corrected chi connectivity index (χ3v) is 2.61. The molecule has 0 fully saturated rings. The predicted octanol–water partition coefficient (Wildman–Crippen LogP) is 1.67. The van der Waals surface area contributed by atoms with Crippen LogP contribution in [0.25, 0.3) is 0 Å². The zero-order chi connectivity index (χ0) is 15.0. The van der Waals surface area contributed by atoms with E-state index in [0.717, 1.165) is 13.0 Å². The molecule has 0 aliphatic carbocycles. The van der Waals surface area contributed by atoms with Gasteiger partial charge in [-0.1, -0.05) is 6.92 Å². The van der Waals surface area contributed by atoms with Crippen molar-refractivity contribution in [2.45, 2.75) is 46.1 Å². The minimum absolute atomic E-state index is 0.102. The number of hydrogen-bond donors (Lipinski definition) is 3. The number of aliphatic hydroxyl groups excluding tert-OH is 1. The fraction of sp³-hybridized carbons (Fsp3) is 0.769. The van der Waals surface area contributed by atoms with Crippen molar-refractivity contribution >= 4 is 11.9 Å². The van der Waals surface area contributed by atoms with Gasteiger partial charge in [0.05, 0.1) is 6.61 Å². The highest BCUT2D eigenvalue weighted by atomic mass is 16.5. The quantitative estimate of drug-likeness (QED) is 0.634. The van der Waals surface area contributed by atoms with Crippen molar-refractivity contribution in [3.05, 3.63) is 0 Å². The van der Waals surface area contributed by atoms with Gasteiger partial charge >= 0.3 is 6.01 Å². The first-order valence-electron chi connectivity index (χ1n) is 7.02. The Morgan fingerprint density at radius 1 is 1.15 bits per heavy atom. The van der Waals surface area contributed by atoms with E-state index in [1.54, 1.807) is 0 Å². The van der Waals surface area contributed by atoms with E-state index in [2.05, 4.69) is 32.5 Å². The Bertz CT molecular complexity index is 412. The van der Waals surface area contributed by atoms with Crippen LogP contribution in [0.3, 0.4) is 0 Å². The molecule has 0 unspecified atom stereocenters. The molecule has 114 valence electrons. The van der Waals surface area contributed by atoms with Crippen molar-refractivity contribution in [3.8, 4) is 6.01 Å². The summed E-state index contributed by atoms with van der Waals surface area (Å²) in [5, 5.41) is 15.4. The van der Waals surface area contributed by atoms with E-state index >= 15 is 0 Å². The monoisotopic (exact) mass is 283 g/mol. The van der Waals surface area contributed by atoms with Gasteiger partial charge in [0.2, 0.25) is 11.9 Å². The van der Waals surface area contributed by atoms with Crippen molar-refractivity contribution in [1.82, 2.24) is 15.0 Å². The standard InChI is InChI=1S/C13H25N5O2/c1-5-8-14-10-15-11(17-12(16-10)20-6-2)18-13(3,4)7-9-19/h19H,5-9H2,1-4H3,(H2,14,15,16,17,18). The molecule has 1 heterocycles. The van der Waals surface area contributed by atoms with E-state index < -0.39 is 0 Å². The van der Waals surface area contributed by atoms with Crippen molar-refractivity contribution in [2.24, 2.45) is 0 Å². The zero-order valence-corrected chi connectivity index (χ0v) is 12.7. The molecule has 0 aromatic carbocycles. The lowest BCUT2D eigenvalue weighted by Gasteiger charge is -2.25. The van der Waals surface area contributed by atoms with Crippen LogP contribution in [0.4, 0.5) is 11.9 Å². The topological polar surface area (TPSA) is 92.2 Å². The lowest BCUT2D eigenvalue weighted by Crippen LogP contribution is -2.33. The fourth-order valence-electron chi connectivity index (χ4n) is 1.57. The first-order valence-corrected chi connectivity index (χ1v) is 7.02. The molecule has 1 rings (SSSR count). The van der Waals surface area contributed by atoms with Gasteiger partial charge in [0.25, 0.3) is 0 Å². The van der Waals surface area contributed by atoms with Gasteiger partial charge in [-0.2, -0.15) is 15.0 Å². The average Bonchev–Trinajstić information content (AvgIpc) is 2.35. The van der Waals surface area contributed by atoms with Gasteiger partial charge in [-0.15, -0.1) is 0 Å². The van der Waals surface area contributed by atoms with Gasteiger partial charge in [-0.25, -0.2) is 0 Å². The molecule has 1 aromatic heterocycles. The molecular weight excluding hydrogens is 258 g/mol. The fourth-order valence-corrected chi connectivity index (χ4v) is 1.57. The Morgan fingerprint density at radius 3 is 2.45 bits per heavy atom. The number of hydrogen-bond acceptors (Lipinski definition) is 7. The second-order valence-corrected chi connectivity index (χ2v) is 5.11. The van der Waals surface area contributed by atoms with Gasteiger partial charge in [0.15, 0.2) is 0 Å². The molecule has 3 N–H and O–H groups in total. The van der Waals surface area contributed by atoms with Crippen LogP contribution in [-0.2, 0) is 0 Å². The number of rotatable bonds is 9. The molecule has 0 saturated carbocycles. The van der Waals surface area contributed by atoms with Gasteiger partial charge in [0, 0.05) is 18.7 Å². The van der Waals surface area contributed by atoms with Gasteiger partial charge < -0.3 is 20.5 Å². The molecule has 1 aromatic rings. The summed E-state index contributed by atoms with van der Waals surface area (Å²) in [6, 6.07) is 0.295. The molecule has 0 aliphatic heterocycles. The maximum atomic E-state index is 9.06. The highest BCUT2D eigenvalue weighted by molar-refractivity contribution is 5.37. The first kappa shape index (κ1) is 16.4. The second-order valence-electron chi connectivity index (χ2n) is 5.11. The van der Waals surface area contributed by atoms with Crippen LogP contribution in [-0.4, -0.2) is 45.4 Å². The lowest BCUT2D eigenvalue weighted by molar-refractivity contribution is 0.260. The highest BCUT2D eigenvalue weighted by Crippen LogP contribution is 2.17. The summed E-state index contributed by atoms with van der Waals surface area (Å²) >= 11 is 0. The van der Waals surface area contributed by atoms with Crippen LogP contribution in [0.15, 0.2) is 0 Å². The van der Waals surface area contributed by atoms with Crippen LogP contribution in [0.5, 0.6) is 6.01 Å². The summed E-state index contributed by atoms with van der Waals surface area (Å²) < 4.78 is 5.35. The Kier molecular flexibility index (Phi) is 6.44. The second kappa shape index (κ2) is 7.84. The smallest absolute Gasteiger partial charge is 0.323 e. The van der Waals surface area contributed by atoms with Crippen molar-refractivity contribution in [1.29, 1.82) is 0 Å². The van der Waals surface area contributed by atoms with E-state index in [-0.39, 0.29) is 12.1 Å². The molecule has 0 amide bonds. The van der Waals surface area contributed by atoms with E-state index in [1.807, 2.05) is 20.8 Å². The third kappa shape index (κ3) is 5.56. The van der Waals surface area contributed by atoms with Gasteiger partial charge in [-0.3, -0.25) is 0 Å². The summed E-state index contributed by atoms with van der Waals surface area (Å²) in [4.78, 5) is 12.7. The minimum atomic E-state index is -0.304. The van der Waals surface area contributed by atoms with Gasteiger partial charge in [0.1, 0.15) is 0 Å². The van der Waals surface area contributed by atoms with E-state index in [9.17, 15) is 0 Å². The Balaban J connectivity index is 2.89. The Morgan fingerprint density at radius 2 is 1.85 bits per heavy atom. The molecule has 0 bridgehead atoms. The molecule has 7 heteroatoms. The number of aliphatic hydroxyl groups is 1. The lowest BCUT2D eigenvalue weighted by atomic mass is 10.0. The molecular formula is C13H25N5O2. The first-order chi connectivity index (χ1) is 9.50. The third-order valence-electron chi connectivity index (χ3n) is 2.61. The summed E-state index contributed by atoms with van der Waals surface area (Å²) in [6.45, 7) is 9.29. The van der Waals surface area contributed by atoms with Crippen LogP contribution in [0.2, 0.25) is 0 Å². The van der Waals surface area contributed by atoms with Crippen molar-refractivity contribution in [2.75, 3.05) is 30.4 Å². The van der Waals surface area contributed by atoms with Crippen molar-refractivity contribution in [3.63, 3.8) is 0 Å². The SMILES string of the molecule is CCCNc1nc(NC(C)(C)CCO)nc(OCC)n1. The summed E-state index contributed by atoms with van der Waals surface area (Å²) in [5.41, 5.74) is -0.304. The van der Waals surface area contributed by atoms with Crippen LogP contribution >= 0.6 is 0 Å². The highest BCUT2D eigenvalue weighted by Gasteiger charge is 2.19. The van der Waals surface area contributed by atoms with Crippen LogP contribution in [0, 0.1) is 0 Å². The molecule has 20 heavy (non-hydrogen) atoms. The largest absolute Gasteiger partial charge is 0.464 e. The number of ether oxygens (including phenoxy) is 1. The maximum Gasteiger partial charge on any atom is 0.323 e. The van der Waals surface area contributed by atoms with E-state index in [1.165, 1.54) is 0 Å². The average molecular weight is 283 g/mol. The van der Waals surface area contributed by atoms with Gasteiger partial charge in [-0.05, 0) is 33.6 Å². The summed E-state index contributed by atoms with van der Waals surface area (Å²) in [6.07, 6.45) is 1.58. The number of anilines is 2. The minimum Gasteiger partial charge on any atom is -0.464 e. The summed E-state index contributed by atoms with van der Waals surface area (Å²) in [7, 11) is 0. The number of nitrogens with one attached hydrogen (secondary N) is 2. The molecule has 0 atom stereocenters. The van der Waals surface area contributed by atoms with Crippen LogP contribution < -0.4 is 15.4 Å². The molecule has 7 nitrogen and oxygen atoms in total. The van der Waals surface area contributed by atoms with Crippen LogP contribution in [0.1, 0.15) is 40.5 Å². The Hall–Kier alpha value is -1.63.